The second kappa shape index (κ2) is 10.3. The first-order chi connectivity index (χ1) is 16.6. The molecule has 5 nitrogen and oxygen atoms in total. The maximum atomic E-state index is 14.1. The van der Waals surface area contributed by atoms with Gasteiger partial charge in [-0.1, -0.05) is 18.2 Å². The van der Waals surface area contributed by atoms with E-state index in [2.05, 4.69) is 0 Å². The summed E-state index contributed by atoms with van der Waals surface area (Å²) in [5, 5.41) is -5.07. The van der Waals surface area contributed by atoms with Gasteiger partial charge < -0.3 is 14.0 Å². The molecule has 0 heterocycles. The second-order valence-corrected chi connectivity index (χ2v) is 12.3. The van der Waals surface area contributed by atoms with Crippen LogP contribution in [0.1, 0.15) is 20.8 Å². The zero-order chi connectivity index (χ0) is 26.8. The Morgan fingerprint density at radius 3 is 1.61 bits per heavy atom. The van der Waals surface area contributed by atoms with Crippen molar-refractivity contribution in [2.75, 3.05) is 6.61 Å². The Labute approximate surface area is 210 Å². The molecule has 0 spiro atoms. The maximum Gasteiger partial charge on any atom is 0.439 e. The lowest BCUT2D eigenvalue weighted by molar-refractivity contribution is -0.207. The van der Waals surface area contributed by atoms with Crippen molar-refractivity contribution < 1.29 is 40.0 Å². The molecule has 36 heavy (non-hydrogen) atoms. The molecule has 0 bridgehead atoms. The van der Waals surface area contributed by atoms with Gasteiger partial charge in [-0.05, 0) is 81.4 Å². The van der Waals surface area contributed by atoms with Crippen molar-refractivity contribution in [3.63, 3.8) is 0 Å². The molecule has 2 atom stereocenters. The van der Waals surface area contributed by atoms with Gasteiger partial charge in [-0.2, -0.15) is 13.2 Å². The number of ether oxygens (including phenoxy) is 2. The Hall–Kier alpha value is -2.76. The van der Waals surface area contributed by atoms with E-state index in [4.69, 9.17) is 9.47 Å². The fraction of sp³-hybridized carbons (Fsp3) is 0.280. The van der Waals surface area contributed by atoms with Gasteiger partial charge in [0.05, 0.1) is 10.9 Å². The fourth-order valence-electron chi connectivity index (χ4n) is 3.11. The third-order valence-electron chi connectivity index (χ3n) is 4.77. The number of hydrogen-bond donors (Lipinski definition) is 0. The minimum atomic E-state index is -6.38. The van der Waals surface area contributed by atoms with Crippen LogP contribution in [0.25, 0.3) is 0 Å². The number of rotatable bonds is 8. The number of benzene rings is 3. The Morgan fingerprint density at radius 2 is 1.19 bits per heavy atom. The zero-order valence-corrected chi connectivity index (χ0v) is 21.2. The second-order valence-electron chi connectivity index (χ2n) is 8.75. The minimum absolute atomic E-state index is 0.223. The van der Waals surface area contributed by atoms with Crippen LogP contribution >= 0.6 is 0 Å². The molecule has 3 aromatic rings. The first-order valence-electron chi connectivity index (χ1n) is 10.6. The topological polar surface area (TPSA) is 75.7 Å². The molecule has 0 aliphatic heterocycles. The highest BCUT2D eigenvalue weighted by Gasteiger charge is 2.62. The van der Waals surface area contributed by atoms with Gasteiger partial charge in [-0.15, -0.1) is 0 Å². The van der Waals surface area contributed by atoms with Crippen molar-refractivity contribution in [3.05, 3.63) is 78.9 Å². The Kier molecular flexibility index (Phi) is 7.97. The molecule has 194 valence electrons. The third-order valence-corrected chi connectivity index (χ3v) is 8.14. The number of hydrogen-bond acceptors (Lipinski definition) is 5. The summed E-state index contributed by atoms with van der Waals surface area (Å²) in [6.07, 6.45) is -5.95. The van der Waals surface area contributed by atoms with Gasteiger partial charge in [-0.3, -0.25) is 0 Å². The molecule has 0 saturated heterocycles. The van der Waals surface area contributed by atoms with Crippen LogP contribution in [0.5, 0.6) is 11.5 Å². The van der Waals surface area contributed by atoms with Crippen LogP contribution in [0, 0.1) is 0 Å². The van der Waals surface area contributed by atoms with Crippen molar-refractivity contribution in [2.24, 2.45) is 0 Å². The van der Waals surface area contributed by atoms with E-state index in [9.17, 15) is 30.5 Å². The molecule has 3 aromatic carbocycles. The molecule has 0 saturated carbocycles. The van der Waals surface area contributed by atoms with Crippen LogP contribution in [0.4, 0.5) is 17.6 Å². The van der Waals surface area contributed by atoms with Crippen LogP contribution in [0.15, 0.2) is 93.5 Å². The molecule has 0 radical (unpaired) electrons. The van der Waals surface area contributed by atoms with E-state index in [0.29, 0.717) is 5.75 Å². The largest absolute Gasteiger partial charge is 0.745 e. The molecule has 3 rings (SSSR count). The van der Waals surface area contributed by atoms with Crippen molar-refractivity contribution in [3.8, 4) is 11.5 Å². The highest BCUT2D eigenvalue weighted by molar-refractivity contribution is 7.97. The molecule has 0 aliphatic carbocycles. The van der Waals surface area contributed by atoms with Gasteiger partial charge in [0.2, 0.25) is 0 Å². The van der Waals surface area contributed by atoms with Crippen molar-refractivity contribution in [1.29, 1.82) is 0 Å². The van der Waals surface area contributed by atoms with Gasteiger partial charge in [0, 0.05) is 0 Å². The number of alkyl halides is 4. The molecule has 0 fully saturated rings. The maximum absolute atomic E-state index is 14.1. The van der Waals surface area contributed by atoms with Gasteiger partial charge in [-0.25, -0.2) is 12.8 Å². The summed E-state index contributed by atoms with van der Waals surface area (Å²) >= 11 is 0. The first kappa shape index (κ1) is 27.8. The average molecular weight is 545 g/mol. The highest BCUT2D eigenvalue weighted by atomic mass is 32.2. The monoisotopic (exact) mass is 544 g/mol. The van der Waals surface area contributed by atoms with E-state index in [0.717, 1.165) is 14.7 Å². The predicted molar refractivity (Wildman–Crippen MR) is 127 cm³/mol. The van der Waals surface area contributed by atoms with E-state index in [1.165, 1.54) is 12.1 Å². The van der Waals surface area contributed by atoms with Gasteiger partial charge >= 0.3 is 11.2 Å². The van der Waals surface area contributed by atoms with Crippen LogP contribution in [0.3, 0.4) is 0 Å². The fourth-order valence-corrected chi connectivity index (χ4v) is 5.66. The van der Waals surface area contributed by atoms with Gasteiger partial charge in [0.1, 0.15) is 33.8 Å². The molecule has 0 N–H and O–H groups in total. The molecule has 0 amide bonds. The normalized spacial score (nSPS) is 15.1. The van der Waals surface area contributed by atoms with Crippen LogP contribution in [-0.2, 0) is 21.0 Å². The van der Waals surface area contributed by atoms with E-state index >= 15 is 0 Å². The SMILES string of the molecule is CC(C)(C)Oc1ccc([S+](c2ccccc2)c2ccc(OCC(F)(C(F)(F)F)S(=O)(=O)[O-])cc2)cc1. The Balaban J connectivity index is 1.89. The van der Waals surface area contributed by atoms with E-state index in [1.807, 2.05) is 75.4 Å². The molecule has 0 aromatic heterocycles. The average Bonchev–Trinajstić information content (AvgIpc) is 2.78. The van der Waals surface area contributed by atoms with Gasteiger partial charge in [0.25, 0.3) is 0 Å². The summed E-state index contributed by atoms with van der Waals surface area (Å²) in [7, 11) is -6.99. The van der Waals surface area contributed by atoms with Crippen molar-refractivity contribution in [2.45, 2.75) is 52.2 Å². The Morgan fingerprint density at radius 1 is 0.750 bits per heavy atom. The van der Waals surface area contributed by atoms with Crippen LogP contribution in [-0.4, -0.2) is 36.4 Å². The minimum Gasteiger partial charge on any atom is -0.745 e. The van der Waals surface area contributed by atoms with Crippen molar-refractivity contribution in [1.82, 2.24) is 0 Å². The van der Waals surface area contributed by atoms with E-state index in [1.54, 1.807) is 12.1 Å². The summed E-state index contributed by atoms with van der Waals surface area (Å²) in [6, 6.07) is 22.8. The Bertz CT molecular complexity index is 1260. The smallest absolute Gasteiger partial charge is 0.439 e. The summed E-state index contributed by atoms with van der Waals surface area (Å²) < 4.78 is 96.3. The van der Waals surface area contributed by atoms with Crippen LogP contribution < -0.4 is 9.47 Å². The lowest BCUT2D eigenvalue weighted by Gasteiger charge is -2.29. The lowest BCUT2D eigenvalue weighted by atomic mass is 10.2. The zero-order valence-electron chi connectivity index (χ0n) is 19.6. The predicted octanol–water partition coefficient (Wildman–Crippen LogP) is 6.11. The quantitative estimate of drug-likeness (QED) is 0.194. The summed E-state index contributed by atoms with van der Waals surface area (Å²) in [5.41, 5.74) is -0.368. The van der Waals surface area contributed by atoms with Gasteiger partial charge in [0.15, 0.2) is 14.7 Å². The summed E-state index contributed by atoms with van der Waals surface area (Å²) in [6.45, 7) is 3.80. The highest BCUT2D eigenvalue weighted by Crippen LogP contribution is 2.39. The molecule has 11 heteroatoms. The summed E-state index contributed by atoms with van der Waals surface area (Å²) in [4.78, 5) is 2.68. The molecule has 2 unspecified atom stereocenters. The third kappa shape index (κ3) is 6.51. The van der Waals surface area contributed by atoms with Crippen molar-refractivity contribution >= 4 is 21.0 Å². The summed E-state index contributed by atoms with van der Waals surface area (Å²) in [5.74, 6) is 0.471. The molecular formula is C25H24F4O5S2. The van der Waals surface area contributed by atoms with Crippen LogP contribution in [0.2, 0.25) is 0 Å². The lowest BCUT2D eigenvalue weighted by Crippen LogP contribution is -2.52. The standard InChI is InChI=1S/C25H24F4O5S2/c1-23(2,3)34-19-11-15-22(16-12-19)35(20-7-5-4-6-8-20)21-13-9-18(10-14-21)33-17-24(26,25(27,28)29)36(30,31)32/h4-16H,17H2,1-3H3. The molecule has 0 aliphatic rings. The molecular weight excluding hydrogens is 520 g/mol. The van der Waals surface area contributed by atoms with E-state index in [-0.39, 0.29) is 11.4 Å². The van der Waals surface area contributed by atoms with E-state index < -0.39 is 38.8 Å². The number of halogens is 4. The first-order valence-corrected chi connectivity index (χ1v) is 13.3.